The van der Waals surface area contributed by atoms with E-state index in [1.165, 1.54) is 4.90 Å². The third-order valence-corrected chi connectivity index (χ3v) is 5.70. The number of hydrogen-bond acceptors (Lipinski definition) is 2. The van der Waals surface area contributed by atoms with Crippen molar-refractivity contribution in [3.8, 4) is 0 Å². The lowest BCUT2D eigenvalue weighted by Crippen LogP contribution is -3.13. The molecule has 1 heterocycles. The number of rotatable bonds is 4. The number of halogens is 2. The van der Waals surface area contributed by atoms with E-state index in [0.717, 1.165) is 49.0 Å². The van der Waals surface area contributed by atoms with Gasteiger partial charge in [-0.15, -0.1) is 0 Å². The van der Waals surface area contributed by atoms with E-state index in [9.17, 15) is 4.79 Å². The monoisotopic (exact) mass is 422 g/mol. The number of ketones is 1. The first kappa shape index (κ1) is 20.1. The van der Waals surface area contributed by atoms with Crippen LogP contribution < -0.4 is 10.2 Å². The zero-order chi connectivity index (χ0) is 19.4. The Kier molecular flexibility index (Phi) is 6.71. The Bertz CT molecular complexity index is 834. The molecule has 4 nitrogen and oxygen atoms in total. The molecule has 0 aromatic heterocycles. The molecule has 1 aliphatic heterocycles. The van der Waals surface area contributed by atoms with Crippen LogP contribution in [-0.2, 0) is 6.54 Å². The summed E-state index contributed by atoms with van der Waals surface area (Å²) in [5.74, 6) is 0.0593. The number of hydrogen-bond donors (Lipinski definition) is 2. The number of carbonyl (C=O) groups excluding carboxylic acids is 1. The molecule has 1 saturated heterocycles. The molecule has 2 N–H and O–H groups in total. The van der Waals surface area contributed by atoms with Crippen LogP contribution in [-0.4, -0.2) is 42.0 Å². The van der Waals surface area contributed by atoms with E-state index in [1.54, 1.807) is 13.0 Å². The zero-order valence-corrected chi connectivity index (χ0v) is 17.4. The van der Waals surface area contributed by atoms with Crippen LogP contribution in [0.5, 0.6) is 0 Å². The highest BCUT2D eigenvalue weighted by Gasteiger charge is 2.22. The van der Waals surface area contributed by atoms with Crippen molar-refractivity contribution in [3.63, 3.8) is 0 Å². The second-order valence-electron chi connectivity index (χ2n) is 6.71. The molecule has 0 saturated carbocycles. The smallest absolute Gasteiger partial charge is 0.173 e. The quantitative estimate of drug-likeness (QED) is 0.585. The molecule has 0 radical (unpaired) electrons. The molecule has 3 rings (SSSR count). The first-order valence-corrected chi connectivity index (χ1v) is 10.0. The summed E-state index contributed by atoms with van der Waals surface area (Å²) in [7, 11) is 0. The van der Waals surface area contributed by atoms with Gasteiger partial charge in [-0.1, -0.05) is 29.3 Å². The lowest BCUT2D eigenvalue weighted by Gasteiger charge is -2.34. The highest BCUT2D eigenvalue weighted by molar-refractivity contribution is 7.80. The van der Waals surface area contributed by atoms with Gasteiger partial charge < -0.3 is 15.1 Å². The fourth-order valence-corrected chi connectivity index (χ4v) is 3.90. The van der Waals surface area contributed by atoms with Crippen LogP contribution in [0.25, 0.3) is 0 Å². The number of thiocarbonyl (C=S) groups is 1. The maximum atomic E-state index is 11.4. The van der Waals surface area contributed by atoms with Crippen molar-refractivity contribution in [1.29, 1.82) is 0 Å². The minimum absolute atomic E-state index is 0.0593. The molecule has 7 heteroatoms. The summed E-state index contributed by atoms with van der Waals surface area (Å²) < 4.78 is 0. The summed E-state index contributed by atoms with van der Waals surface area (Å²) in [6, 6.07) is 13.1. The van der Waals surface area contributed by atoms with Crippen LogP contribution in [0.2, 0.25) is 10.0 Å². The van der Waals surface area contributed by atoms with Gasteiger partial charge in [-0.2, -0.15) is 0 Å². The summed E-state index contributed by atoms with van der Waals surface area (Å²) in [5.41, 5.74) is 2.72. The predicted molar refractivity (Wildman–Crippen MR) is 115 cm³/mol. The largest absolute Gasteiger partial charge is 0.338 e. The van der Waals surface area contributed by atoms with E-state index in [0.29, 0.717) is 15.7 Å². The van der Waals surface area contributed by atoms with E-state index in [4.69, 9.17) is 35.4 Å². The van der Waals surface area contributed by atoms with E-state index in [2.05, 4.69) is 10.2 Å². The summed E-state index contributed by atoms with van der Waals surface area (Å²) in [6.07, 6.45) is 0. The van der Waals surface area contributed by atoms with Gasteiger partial charge in [0.1, 0.15) is 6.54 Å². The van der Waals surface area contributed by atoms with E-state index in [-0.39, 0.29) is 5.78 Å². The zero-order valence-electron chi connectivity index (χ0n) is 15.1. The Balaban J connectivity index is 1.50. The van der Waals surface area contributed by atoms with Crippen LogP contribution >= 0.6 is 35.4 Å². The Labute approximate surface area is 175 Å². The van der Waals surface area contributed by atoms with Gasteiger partial charge >= 0.3 is 0 Å². The van der Waals surface area contributed by atoms with Crippen LogP contribution in [0.4, 0.5) is 5.69 Å². The van der Waals surface area contributed by atoms with Crippen molar-refractivity contribution >= 4 is 52.0 Å². The molecule has 2 aromatic carbocycles. The Morgan fingerprint density at radius 1 is 1.15 bits per heavy atom. The summed E-state index contributed by atoms with van der Waals surface area (Å²) in [6.45, 7) is 6.20. The Morgan fingerprint density at radius 2 is 1.81 bits per heavy atom. The van der Waals surface area contributed by atoms with Gasteiger partial charge in [0.05, 0.1) is 31.2 Å². The normalized spacial score (nSPS) is 14.9. The van der Waals surface area contributed by atoms with Crippen molar-refractivity contribution in [2.45, 2.75) is 13.5 Å². The molecular weight excluding hydrogens is 401 g/mol. The number of anilines is 1. The molecule has 2 aromatic rings. The molecule has 0 aliphatic carbocycles. The summed E-state index contributed by atoms with van der Waals surface area (Å²) >= 11 is 17.8. The molecule has 0 atom stereocenters. The molecule has 27 heavy (non-hydrogen) atoms. The van der Waals surface area contributed by atoms with Crippen LogP contribution in [0.15, 0.2) is 42.5 Å². The fourth-order valence-electron chi connectivity index (χ4n) is 3.13. The molecule has 1 fully saturated rings. The molecule has 0 bridgehead atoms. The highest BCUT2D eigenvalue weighted by Crippen LogP contribution is 2.20. The lowest BCUT2D eigenvalue weighted by atomic mass is 10.1. The first-order valence-electron chi connectivity index (χ1n) is 8.87. The molecule has 1 aliphatic rings. The first-order chi connectivity index (χ1) is 12.9. The Hall–Kier alpha value is -1.66. The number of carbonyl (C=O) groups is 1. The standard InChI is InChI=1S/C20H21Cl2N3OS/c1-14(26)15-3-6-18(7-4-15)23-20(27)25-10-8-24(9-11-25)13-16-2-5-17(21)12-19(16)22/h2-7,12H,8-11,13H2,1H3,(H,23,27)/p+1. The average Bonchev–Trinajstić information content (AvgIpc) is 2.65. The number of nitrogens with one attached hydrogen (secondary N) is 2. The van der Waals surface area contributed by atoms with Crippen molar-refractivity contribution < 1.29 is 9.69 Å². The number of nitrogens with zero attached hydrogens (tertiary/aromatic N) is 1. The second-order valence-corrected chi connectivity index (χ2v) is 7.94. The van der Waals surface area contributed by atoms with Gasteiger partial charge in [-0.3, -0.25) is 4.79 Å². The minimum Gasteiger partial charge on any atom is -0.338 e. The van der Waals surface area contributed by atoms with E-state index >= 15 is 0 Å². The van der Waals surface area contributed by atoms with Gasteiger partial charge in [-0.05, 0) is 55.5 Å². The predicted octanol–water partition coefficient (Wildman–Crippen LogP) is 3.29. The SMILES string of the molecule is CC(=O)c1ccc(NC(=S)N2CC[NH+](Cc3ccc(Cl)cc3Cl)CC2)cc1. The fraction of sp³-hybridized carbons (Fsp3) is 0.300. The number of quaternary nitrogens is 1. The van der Waals surface area contributed by atoms with E-state index < -0.39 is 0 Å². The van der Waals surface area contributed by atoms with Crippen molar-refractivity contribution in [2.24, 2.45) is 0 Å². The molecule has 0 amide bonds. The van der Waals surface area contributed by atoms with Gasteiger partial charge in [0.15, 0.2) is 10.9 Å². The number of piperazine rings is 1. The van der Waals surface area contributed by atoms with Crippen LogP contribution in [0, 0.1) is 0 Å². The summed E-state index contributed by atoms with van der Waals surface area (Å²) in [4.78, 5) is 15.0. The third kappa shape index (κ3) is 5.42. The highest BCUT2D eigenvalue weighted by atomic mass is 35.5. The lowest BCUT2D eigenvalue weighted by molar-refractivity contribution is -0.917. The Morgan fingerprint density at radius 3 is 2.41 bits per heavy atom. The average molecular weight is 423 g/mol. The van der Waals surface area contributed by atoms with Gasteiger partial charge in [0.2, 0.25) is 0 Å². The van der Waals surface area contributed by atoms with Crippen LogP contribution in [0.1, 0.15) is 22.8 Å². The second kappa shape index (κ2) is 9.02. The van der Waals surface area contributed by atoms with Crippen LogP contribution in [0.3, 0.4) is 0 Å². The maximum absolute atomic E-state index is 11.4. The molecular formula is C20H22Cl2N3OS+. The topological polar surface area (TPSA) is 36.8 Å². The maximum Gasteiger partial charge on any atom is 0.173 e. The van der Waals surface area contributed by atoms with Crippen molar-refractivity contribution in [3.05, 3.63) is 63.6 Å². The van der Waals surface area contributed by atoms with Gasteiger partial charge in [0, 0.05) is 21.8 Å². The number of Topliss-reactive ketones (excluding diaryl/α,β-unsaturated/α-hetero) is 1. The van der Waals surface area contributed by atoms with Gasteiger partial charge in [-0.25, -0.2) is 0 Å². The number of benzene rings is 2. The summed E-state index contributed by atoms with van der Waals surface area (Å²) in [5, 5.41) is 5.36. The van der Waals surface area contributed by atoms with Crippen molar-refractivity contribution in [2.75, 3.05) is 31.5 Å². The minimum atomic E-state index is 0.0593. The van der Waals surface area contributed by atoms with Gasteiger partial charge in [0.25, 0.3) is 0 Å². The van der Waals surface area contributed by atoms with Crippen molar-refractivity contribution in [1.82, 2.24) is 4.90 Å². The molecule has 0 unspecified atom stereocenters. The third-order valence-electron chi connectivity index (χ3n) is 4.76. The molecule has 142 valence electrons. The van der Waals surface area contributed by atoms with E-state index in [1.807, 2.05) is 36.4 Å². The molecule has 0 spiro atoms.